The minimum Gasteiger partial charge on any atom is -0.481 e. The molecule has 1 aliphatic rings. The van der Waals surface area contributed by atoms with E-state index in [0.29, 0.717) is 11.8 Å². The summed E-state index contributed by atoms with van der Waals surface area (Å²) in [5.41, 5.74) is 5.56. The fraction of sp³-hybridized carbons (Fsp3) is 0.500. The topological polar surface area (TPSA) is 51.4 Å². The summed E-state index contributed by atoms with van der Waals surface area (Å²) in [7, 11) is 1.63. The molecule has 0 bridgehead atoms. The average molecular weight is 193 g/mol. The van der Waals surface area contributed by atoms with Gasteiger partial charge in [0.2, 0.25) is 5.88 Å². The Balaban J connectivity index is 2.03. The first-order valence-electron chi connectivity index (χ1n) is 4.79. The number of anilines is 1. The maximum Gasteiger partial charge on any atom is 0.214 e. The molecule has 4 nitrogen and oxygen atoms in total. The van der Waals surface area contributed by atoms with Crippen molar-refractivity contribution in [2.75, 3.05) is 31.6 Å². The van der Waals surface area contributed by atoms with Crippen molar-refractivity contribution in [3.63, 3.8) is 0 Å². The van der Waals surface area contributed by atoms with Crippen molar-refractivity contribution < 1.29 is 4.74 Å². The quantitative estimate of drug-likeness (QED) is 0.759. The Hall–Kier alpha value is -1.29. The lowest BCUT2D eigenvalue weighted by Crippen LogP contribution is -2.50. The van der Waals surface area contributed by atoms with Gasteiger partial charge in [-0.05, 0) is 12.6 Å². The zero-order valence-electron chi connectivity index (χ0n) is 8.31. The molecule has 2 heterocycles. The minimum atomic E-state index is 0.628. The molecule has 0 radical (unpaired) electrons. The van der Waals surface area contributed by atoms with E-state index in [0.717, 1.165) is 25.5 Å². The van der Waals surface area contributed by atoms with Crippen molar-refractivity contribution in [3.8, 4) is 5.88 Å². The molecule has 0 aliphatic carbocycles. The standard InChI is InChI=1S/C10H15N3O/c1-14-10-4-2-3-9(12-10)13-6-8(5-11)7-13/h2-4,8H,5-7,11H2,1H3. The summed E-state index contributed by atoms with van der Waals surface area (Å²) in [6, 6.07) is 5.80. The van der Waals surface area contributed by atoms with Crippen molar-refractivity contribution in [2.45, 2.75) is 0 Å². The summed E-state index contributed by atoms with van der Waals surface area (Å²) in [4.78, 5) is 6.55. The first-order valence-corrected chi connectivity index (χ1v) is 4.79. The van der Waals surface area contributed by atoms with Crippen LogP contribution in [-0.4, -0.2) is 31.7 Å². The van der Waals surface area contributed by atoms with Crippen molar-refractivity contribution in [2.24, 2.45) is 11.7 Å². The molecule has 1 aromatic heterocycles. The number of rotatable bonds is 3. The van der Waals surface area contributed by atoms with Gasteiger partial charge >= 0.3 is 0 Å². The van der Waals surface area contributed by atoms with Gasteiger partial charge in [0.15, 0.2) is 0 Å². The van der Waals surface area contributed by atoms with E-state index < -0.39 is 0 Å². The second kappa shape index (κ2) is 3.84. The third kappa shape index (κ3) is 1.65. The molecule has 0 unspecified atom stereocenters. The van der Waals surface area contributed by atoms with Gasteiger partial charge in [-0.2, -0.15) is 4.98 Å². The van der Waals surface area contributed by atoms with Gasteiger partial charge in [-0.3, -0.25) is 0 Å². The fourth-order valence-corrected chi connectivity index (χ4v) is 1.60. The minimum absolute atomic E-state index is 0.628. The molecule has 1 aromatic rings. The zero-order chi connectivity index (χ0) is 9.97. The number of nitrogens with zero attached hydrogens (tertiary/aromatic N) is 2. The fourth-order valence-electron chi connectivity index (χ4n) is 1.60. The van der Waals surface area contributed by atoms with E-state index in [4.69, 9.17) is 10.5 Å². The zero-order valence-corrected chi connectivity index (χ0v) is 8.31. The van der Waals surface area contributed by atoms with E-state index in [-0.39, 0.29) is 0 Å². The van der Waals surface area contributed by atoms with Gasteiger partial charge in [-0.15, -0.1) is 0 Å². The van der Waals surface area contributed by atoms with Crippen molar-refractivity contribution in [1.82, 2.24) is 4.98 Å². The lowest BCUT2D eigenvalue weighted by atomic mass is 10.0. The summed E-state index contributed by atoms with van der Waals surface area (Å²) < 4.78 is 5.06. The van der Waals surface area contributed by atoms with Gasteiger partial charge in [0.05, 0.1) is 7.11 Å². The Morgan fingerprint density at radius 3 is 3.00 bits per heavy atom. The van der Waals surface area contributed by atoms with Crippen LogP contribution in [0.25, 0.3) is 0 Å². The van der Waals surface area contributed by atoms with Gasteiger partial charge in [0, 0.05) is 25.1 Å². The van der Waals surface area contributed by atoms with Crippen LogP contribution in [0, 0.1) is 5.92 Å². The van der Waals surface area contributed by atoms with Gasteiger partial charge < -0.3 is 15.4 Å². The monoisotopic (exact) mass is 193 g/mol. The maximum absolute atomic E-state index is 5.56. The Labute approximate surface area is 83.7 Å². The largest absolute Gasteiger partial charge is 0.481 e. The molecule has 2 N–H and O–H groups in total. The summed E-state index contributed by atoms with van der Waals surface area (Å²) in [5, 5.41) is 0. The van der Waals surface area contributed by atoms with Crippen molar-refractivity contribution in [3.05, 3.63) is 18.2 Å². The van der Waals surface area contributed by atoms with Gasteiger partial charge in [-0.1, -0.05) is 6.07 Å². The van der Waals surface area contributed by atoms with Crippen LogP contribution in [0.2, 0.25) is 0 Å². The highest BCUT2D eigenvalue weighted by Gasteiger charge is 2.26. The summed E-state index contributed by atoms with van der Waals surface area (Å²) in [5.74, 6) is 2.27. The number of ether oxygens (including phenoxy) is 1. The van der Waals surface area contributed by atoms with Crippen LogP contribution >= 0.6 is 0 Å². The first kappa shape index (κ1) is 9.27. The molecule has 0 atom stereocenters. The molecule has 1 fully saturated rings. The Kier molecular flexibility index (Phi) is 2.54. The lowest BCUT2D eigenvalue weighted by Gasteiger charge is -2.39. The van der Waals surface area contributed by atoms with Crippen LogP contribution in [0.1, 0.15) is 0 Å². The second-order valence-corrected chi connectivity index (χ2v) is 3.54. The average Bonchev–Trinajstić information content (AvgIpc) is 2.17. The number of aromatic nitrogens is 1. The third-order valence-corrected chi connectivity index (χ3v) is 2.53. The molecular formula is C10H15N3O. The number of hydrogen-bond donors (Lipinski definition) is 1. The smallest absolute Gasteiger partial charge is 0.214 e. The molecule has 14 heavy (non-hydrogen) atoms. The molecular weight excluding hydrogens is 178 g/mol. The molecule has 1 saturated heterocycles. The Morgan fingerprint density at radius 1 is 1.57 bits per heavy atom. The van der Waals surface area contributed by atoms with E-state index in [9.17, 15) is 0 Å². The predicted octanol–water partition coefficient (Wildman–Crippen LogP) is 0.485. The van der Waals surface area contributed by atoms with E-state index in [1.165, 1.54) is 0 Å². The number of pyridine rings is 1. The van der Waals surface area contributed by atoms with Crippen molar-refractivity contribution in [1.29, 1.82) is 0 Å². The highest BCUT2D eigenvalue weighted by molar-refractivity contribution is 5.43. The third-order valence-electron chi connectivity index (χ3n) is 2.53. The summed E-state index contributed by atoms with van der Waals surface area (Å²) in [6.45, 7) is 2.79. The lowest BCUT2D eigenvalue weighted by molar-refractivity contribution is 0.390. The van der Waals surface area contributed by atoms with Gasteiger partial charge in [0.25, 0.3) is 0 Å². The van der Waals surface area contributed by atoms with E-state index in [2.05, 4.69) is 9.88 Å². The first-order chi connectivity index (χ1) is 6.83. The van der Waals surface area contributed by atoms with Crippen LogP contribution < -0.4 is 15.4 Å². The molecule has 0 aromatic carbocycles. The van der Waals surface area contributed by atoms with Gasteiger partial charge in [-0.25, -0.2) is 0 Å². The van der Waals surface area contributed by atoms with Crippen molar-refractivity contribution >= 4 is 5.82 Å². The van der Waals surface area contributed by atoms with Crippen LogP contribution in [0.3, 0.4) is 0 Å². The second-order valence-electron chi connectivity index (χ2n) is 3.54. The Morgan fingerprint density at radius 2 is 2.36 bits per heavy atom. The molecule has 0 amide bonds. The number of nitrogens with two attached hydrogens (primary N) is 1. The molecule has 4 heteroatoms. The normalized spacial score (nSPS) is 16.6. The molecule has 1 aliphatic heterocycles. The van der Waals surface area contributed by atoms with E-state index >= 15 is 0 Å². The molecule has 0 saturated carbocycles. The highest BCUT2D eigenvalue weighted by atomic mass is 16.5. The maximum atomic E-state index is 5.56. The SMILES string of the molecule is COc1cccc(N2CC(CN)C2)n1. The predicted molar refractivity (Wildman–Crippen MR) is 55.5 cm³/mol. The molecule has 0 spiro atoms. The number of methoxy groups -OCH3 is 1. The summed E-state index contributed by atoms with van der Waals surface area (Å²) >= 11 is 0. The van der Waals surface area contributed by atoms with Crippen LogP contribution in [-0.2, 0) is 0 Å². The molecule has 2 rings (SSSR count). The highest BCUT2D eigenvalue weighted by Crippen LogP contribution is 2.23. The van der Waals surface area contributed by atoms with E-state index in [1.807, 2.05) is 18.2 Å². The Bertz CT molecular complexity index is 310. The summed E-state index contributed by atoms with van der Waals surface area (Å²) in [6.07, 6.45) is 0. The van der Waals surface area contributed by atoms with E-state index in [1.54, 1.807) is 7.11 Å². The van der Waals surface area contributed by atoms with Crippen LogP contribution in [0.15, 0.2) is 18.2 Å². The van der Waals surface area contributed by atoms with Gasteiger partial charge in [0.1, 0.15) is 5.82 Å². The van der Waals surface area contributed by atoms with Crippen LogP contribution in [0.4, 0.5) is 5.82 Å². The number of hydrogen-bond acceptors (Lipinski definition) is 4. The van der Waals surface area contributed by atoms with Crippen LogP contribution in [0.5, 0.6) is 5.88 Å². The molecule has 76 valence electrons.